The van der Waals surface area contributed by atoms with E-state index in [9.17, 15) is 0 Å². The van der Waals surface area contributed by atoms with Crippen LogP contribution in [-0.4, -0.2) is 27.7 Å². The molecule has 0 radical (unpaired) electrons. The van der Waals surface area contributed by atoms with Crippen molar-refractivity contribution in [1.29, 1.82) is 0 Å². The summed E-state index contributed by atoms with van der Waals surface area (Å²) in [5, 5.41) is 13.7. The summed E-state index contributed by atoms with van der Waals surface area (Å²) in [6, 6.07) is 7.22. The Hall–Kier alpha value is -2.15. The fourth-order valence-corrected chi connectivity index (χ4v) is 1.66. The number of thiocarbonyl (C=S) groups is 1. The monoisotopic (exact) mass is 263 g/mol. The van der Waals surface area contributed by atoms with Gasteiger partial charge < -0.3 is 15.8 Å². The summed E-state index contributed by atoms with van der Waals surface area (Å²) in [6.45, 7) is 0. The number of methoxy groups -OCH3 is 1. The molecule has 6 nitrogen and oxygen atoms in total. The van der Waals surface area contributed by atoms with Gasteiger partial charge in [-0.1, -0.05) is 17.3 Å². The van der Waals surface area contributed by atoms with Crippen molar-refractivity contribution in [3.63, 3.8) is 0 Å². The van der Waals surface area contributed by atoms with Gasteiger partial charge in [0.05, 0.1) is 7.11 Å². The lowest BCUT2D eigenvalue weighted by atomic mass is 10.0. The number of anilines is 1. The molecule has 1 aromatic heterocycles. The highest BCUT2D eigenvalue weighted by molar-refractivity contribution is 7.80. The smallest absolute Gasteiger partial charge is 0.257 e. The summed E-state index contributed by atoms with van der Waals surface area (Å²) in [6.07, 6.45) is 1.70. The normalized spacial score (nSPS) is 11.8. The average Bonchev–Trinajstić information content (AvgIpc) is 2.90. The molecule has 0 aliphatic carbocycles. The third-order valence-corrected chi connectivity index (χ3v) is 2.73. The zero-order chi connectivity index (χ0) is 13.0. The molecule has 7 heteroatoms. The van der Waals surface area contributed by atoms with Crippen LogP contribution in [0.15, 0.2) is 30.5 Å². The number of hydrogen-bond acceptors (Lipinski definition) is 5. The van der Waals surface area contributed by atoms with Gasteiger partial charge >= 0.3 is 0 Å². The lowest BCUT2D eigenvalue weighted by Crippen LogP contribution is -2.29. The second-order valence-corrected chi connectivity index (χ2v) is 4.00. The molecule has 0 aliphatic heterocycles. The first-order valence-corrected chi connectivity index (χ1v) is 5.68. The van der Waals surface area contributed by atoms with E-state index < -0.39 is 0 Å². The number of nitrogen functional groups attached to an aromatic ring is 1. The number of rotatable bonds is 3. The molecule has 0 spiro atoms. The van der Waals surface area contributed by atoms with E-state index in [-0.39, 0.29) is 6.04 Å². The summed E-state index contributed by atoms with van der Waals surface area (Å²) >= 11 is 5.01. The molecule has 1 unspecified atom stereocenters. The Bertz CT molecular complexity index is 511. The molecule has 2 aromatic rings. The van der Waals surface area contributed by atoms with Crippen LogP contribution in [0.5, 0.6) is 0 Å². The van der Waals surface area contributed by atoms with E-state index in [1.807, 2.05) is 24.3 Å². The molecule has 4 N–H and O–H groups in total. The molecule has 1 heterocycles. The third-order valence-electron chi connectivity index (χ3n) is 2.45. The highest BCUT2D eigenvalue weighted by Crippen LogP contribution is 2.20. The summed E-state index contributed by atoms with van der Waals surface area (Å²) < 4.78 is 4.96. The third kappa shape index (κ3) is 2.75. The first kappa shape index (κ1) is 12.3. The Morgan fingerprint density at radius 3 is 2.72 bits per heavy atom. The van der Waals surface area contributed by atoms with Crippen LogP contribution in [0.3, 0.4) is 0 Å². The molecule has 1 aromatic carbocycles. The Labute approximate surface area is 110 Å². The number of nitrogens with one attached hydrogen (secondary N) is 2. The number of benzene rings is 1. The minimum atomic E-state index is -0.225. The van der Waals surface area contributed by atoms with Crippen LogP contribution in [0.2, 0.25) is 0 Å². The van der Waals surface area contributed by atoms with Crippen molar-refractivity contribution >= 4 is 23.1 Å². The number of aromatic amines is 1. The van der Waals surface area contributed by atoms with Crippen molar-refractivity contribution in [1.82, 2.24) is 20.7 Å². The lowest BCUT2D eigenvalue weighted by molar-refractivity contribution is 0.387. The van der Waals surface area contributed by atoms with Gasteiger partial charge in [-0.3, -0.25) is 5.10 Å². The fraction of sp³-hybridized carbons (Fsp3) is 0.182. The second-order valence-electron chi connectivity index (χ2n) is 3.63. The van der Waals surface area contributed by atoms with Crippen molar-refractivity contribution in [2.24, 2.45) is 0 Å². The van der Waals surface area contributed by atoms with Crippen LogP contribution in [0.4, 0.5) is 5.69 Å². The molecule has 2 rings (SSSR count). The van der Waals surface area contributed by atoms with E-state index in [0.717, 1.165) is 11.3 Å². The molecular formula is C11H13N5OS. The minimum absolute atomic E-state index is 0.225. The van der Waals surface area contributed by atoms with Crippen molar-refractivity contribution < 1.29 is 4.74 Å². The molecular weight excluding hydrogens is 250 g/mol. The van der Waals surface area contributed by atoms with Crippen molar-refractivity contribution in [3.8, 4) is 0 Å². The minimum Gasteiger partial charge on any atom is -0.474 e. The lowest BCUT2D eigenvalue weighted by Gasteiger charge is -2.17. The Morgan fingerprint density at radius 1 is 1.44 bits per heavy atom. The number of nitrogens with two attached hydrogens (primary N) is 1. The molecule has 0 amide bonds. The van der Waals surface area contributed by atoms with E-state index in [2.05, 4.69) is 20.7 Å². The summed E-state index contributed by atoms with van der Waals surface area (Å²) in [5.74, 6) is 0. The van der Waals surface area contributed by atoms with Gasteiger partial charge in [0.25, 0.3) is 5.17 Å². The van der Waals surface area contributed by atoms with Crippen LogP contribution in [0, 0.1) is 0 Å². The summed E-state index contributed by atoms with van der Waals surface area (Å²) in [4.78, 5) is 0. The standard InChI is InChI=1S/C11H13N5OS/c1-17-11(18)14-10(9-6-13-16-15-9)7-2-4-8(12)5-3-7/h2-6,10H,12H2,1H3,(H,14,18)(H,13,15,16). The molecule has 0 fully saturated rings. The maximum Gasteiger partial charge on any atom is 0.257 e. The highest BCUT2D eigenvalue weighted by Gasteiger charge is 2.17. The molecule has 18 heavy (non-hydrogen) atoms. The first-order valence-electron chi connectivity index (χ1n) is 5.27. The molecule has 0 aliphatic rings. The predicted octanol–water partition coefficient (Wildman–Crippen LogP) is 0.997. The zero-order valence-corrected chi connectivity index (χ0v) is 10.6. The van der Waals surface area contributed by atoms with E-state index >= 15 is 0 Å². The van der Waals surface area contributed by atoms with Gasteiger partial charge in [-0.2, -0.15) is 0 Å². The molecule has 1 atom stereocenters. The van der Waals surface area contributed by atoms with Gasteiger partial charge in [-0.15, -0.1) is 5.10 Å². The summed E-state index contributed by atoms with van der Waals surface area (Å²) in [5.41, 5.74) is 8.06. The number of nitrogens with zero attached hydrogens (tertiary/aromatic N) is 2. The van der Waals surface area contributed by atoms with Crippen molar-refractivity contribution in [2.75, 3.05) is 12.8 Å². The van der Waals surface area contributed by atoms with Crippen LogP contribution in [0.1, 0.15) is 17.3 Å². The van der Waals surface area contributed by atoms with Crippen molar-refractivity contribution in [2.45, 2.75) is 6.04 Å². The van der Waals surface area contributed by atoms with Crippen LogP contribution in [0.25, 0.3) is 0 Å². The SMILES string of the molecule is COC(=S)NC(c1ccc(N)cc1)c1c[nH]nn1. The number of hydrogen-bond donors (Lipinski definition) is 3. The predicted molar refractivity (Wildman–Crippen MR) is 71.8 cm³/mol. The van der Waals surface area contributed by atoms with Crippen molar-refractivity contribution in [3.05, 3.63) is 41.7 Å². The van der Waals surface area contributed by atoms with Gasteiger partial charge in [-0.25, -0.2) is 0 Å². The van der Waals surface area contributed by atoms with Gasteiger partial charge in [0.15, 0.2) is 0 Å². The number of H-pyrrole nitrogens is 1. The fourth-order valence-electron chi connectivity index (χ4n) is 1.54. The maximum atomic E-state index is 5.67. The van der Waals surface area contributed by atoms with Crippen LogP contribution < -0.4 is 11.1 Å². The topological polar surface area (TPSA) is 88.9 Å². The average molecular weight is 263 g/mol. The first-order chi connectivity index (χ1) is 8.70. The van der Waals surface area contributed by atoms with E-state index in [0.29, 0.717) is 10.9 Å². The largest absolute Gasteiger partial charge is 0.474 e. The maximum absolute atomic E-state index is 5.67. The number of ether oxygens (including phenoxy) is 1. The highest BCUT2D eigenvalue weighted by atomic mass is 32.1. The van der Waals surface area contributed by atoms with Gasteiger partial charge in [0.1, 0.15) is 11.7 Å². The second kappa shape index (κ2) is 5.46. The molecule has 0 saturated carbocycles. The van der Waals surface area contributed by atoms with E-state index in [4.69, 9.17) is 22.7 Å². The number of aromatic nitrogens is 3. The Morgan fingerprint density at radius 2 is 2.17 bits per heavy atom. The van der Waals surface area contributed by atoms with Gasteiger partial charge in [0, 0.05) is 11.9 Å². The molecule has 0 saturated heterocycles. The van der Waals surface area contributed by atoms with Gasteiger partial charge in [-0.05, 0) is 29.9 Å². The van der Waals surface area contributed by atoms with Crippen LogP contribution in [-0.2, 0) is 4.74 Å². The molecule has 94 valence electrons. The molecule has 0 bridgehead atoms. The van der Waals surface area contributed by atoms with Gasteiger partial charge in [0.2, 0.25) is 0 Å². The Kier molecular flexibility index (Phi) is 3.73. The Balaban J connectivity index is 2.30. The van der Waals surface area contributed by atoms with E-state index in [1.54, 1.807) is 6.20 Å². The quantitative estimate of drug-likeness (QED) is 0.565. The van der Waals surface area contributed by atoms with Crippen LogP contribution >= 0.6 is 12.2 Å². The summed E-state index contributed by atoms with van der Waals surface area (Å²) in [7, 11) is 1.51. The zero-order valence-electron chi connectivity index (χ0n) is 9.75. The van der Waals surface area contributed by atoms with E-state index in [1.165, 1.54) is 7.11 Å².